The van der Waals surface area contributed by atoms with Crippen molar-refractivity contribution in [3.05, 3.63) is 99.0 Å². The maximum Gasteiger partial charge on any atom is 0.261 e. The summed E-state index contributed by atoms with van der Waals surface area (Å²) in [5.74, 6) is 0.0746. The number of ether oxygens (including phenoxy) is 1. The van der Waals surface area contributed by atoms with Crippen LogP contribution in [0.2, 0.25) is 5.02 Å². The molecule has 0 saturated carbocycles. The van der Waals surface area contributed by atoms with Crippen LogP contribution in [0, 0.1) is 0 Å². The van der Waals surface area contributed by atoms with E-state index in [4.69, 9.17) is 16.3 Å². The molecule has 0 spiro atoms. The minimum absolute atomic E-state index is 0.0210. The molecule has 0 aliphatic rings. The fraction of sp³-hybridized carbons (Fsp3) is 0.333. The van der Waals surface area contributed by atoms with Gasteiger partial charge in [-0.2, -0.15) is 0 Å². The molecule has 0 saturated heterocycles. The Morgan fingerprint density at radius 3 is 2.35 bits per heavy atom. The van der Waals surface area contributed by atoms with Crippen molar-refractivity contribution >= 4 is 39.3 Å². The van der Waals surface area contributed by atoms with Crippen LogP contribution in [-0.4, -0.2) is 35.4 Å². The molecule has 3 aromatic carbocycles. The Labute approximate surface area is 233 Å². The lowest BCUT2D eigenvalue weighted by atomic mass is 10.0. The van der Waals surface area contributed by atoms with E-state index < -0.39 is 6.04 Å². The standard InChI is InChI=1S/C30H34BrClN2O3/c1-4-21(3)33-30(36)27(18-23-11-7-6-8-12-23)34(19-24-13-9-10-14-26(24)32)29(35)20-37-28-16-15-22(5-2)17-25(28)31/h6-17,21,27H,4-5,18-20H2,1-3H3,(H,33,36)/t21-,27-/m0/s1. The summed E-state index contributed by atoms with van der Waals surface area (Å²) in [6, 6.07) is 22.1. The molecule has 1 N–H and O–H groups in total. The number of nitrogens with one attached hydrogen (secondary N) is 1. The summed E-state index contributed by atoms with van der Waals surface area (Å²) in [4.78, 5) is 28.9. The first kappa shape index (κ1) is 28.7. The molecule has 196 valence electrons. The van der Waals surface area contributed by atoms with Crippen molar-refractivity contribution in [3.63, 3.8) is 0 Å². The third-order valence-corrected chi connectivity index (χ3v) is 7.31. The second-order valence-electron chi connectivity index (χ2n) is 9.04. The van der Waals surface area contributed by atoms with Gasteiger partial charge in [0.1, 0.15) is 11.8 Å². The summed E-state index contributed by atoms with van der Waals surface area (Å²) < 4.78 is 6.71. The monoisotopic (exact) mass is 584 g/mol. The summed E-state index contributed by atoms with van der Waals surface area (Å²) in [5, 5.41) is 3.61. The maximum absolute atomic E-state index is 13.7. The zero-order valence-electron chi connectivity index (χ0n) is 21.5. The summed E-state index contributed by atoms with van der Waals surface area (Å²) >= 11 is 10.0. The highest BCUT2D eigenvalue weighted by Crippen LogP contribution is 2.27. The first-order valence-corrected chi connectivity index (χ1v) is 13.8. The number of halogens is 2. The third-order valence-electron chi connectivity index (χ3n) is 6.33. The lowest BCUT2D eigenvalue weighted by Crippen LogP contribution is -2.53. The van der Waals surface area contributed by atoms with Crippen LogP contribution in [0.25, 0.3) is 0 Å². The Hall–Kier alpha value is -2.83. The Morgan fingerprint density at radius 2 is 1.70 bits per heavy atom. The van der Waals surface area contributed by atoms with Gasteiger partial charge in [0.2, 0.25) is 5.91 Å². The first-order chi connectivity index (χ1) is 17.8. The summed E-state index contributed by atoms with van der Waals surface area (Å²) in [6.07, 6.45) is 2.05. The Kier molecular flexibility index (Phi) is 11.0. The van der Waals surface area contributed by atoms with Gasteiger partial charge in [-0.15, -0.1) is 0 Å². The molecule has 0 fully saturated rings. The van der Waals surface area contributed by atoms with Crippen LogP contribution < -0.4 is 10.1 Å². The highest BCUT2D eigenvalue weighted by molar-refractivity contribution is 9.10. The zero-order valence-corrected chi connectivity index (χ0v) is 23.9. The molecule has 0 aliphatic carbocycles. The average molecular weight is 586 g/mol. The van der Waals surface area contributed by atoms with Crippen molar-refractivity contribution in [2.24, 2.45) is 0 Å². The van der Waals surface area contributed by atoms with E-state index in [-0.39, 0.29) is 31.0 Å². The SMILES string of the molecule is CCc1ccc(OCC(=O)N(Cc2ccccc2Cl)[C@@H](Cc2ccccc2)C(=O)N[C@@H](C)CC)c(Br)c1. The molecule has 0 bridgehead atoms. The van der Waals surface area contributed by atoms with Gasteiger partial charge in [0.05, 0.1) is 4.47 Å². The number of hydrogen-bond acceptors (Lipinski definition) is 3. The molecule has 0 heterocycles. The minimum Gasteiger partial charge on any atom is -0.483 e. The van der Waals surface area contributed by atoms with Gasteiger partial charge in [-0.05, 0) is 70.6 Å². The third kappa shape index (κ3) is 8.34. The van der Waals surface area contributed by atoms with E-state index >= 15 is 0 Å². The van der Waals surface area contributed by atoms with E-state index in [2.05, 4.69) is 28.2 Å². The van der Waals surface area contributed by atoms with E-state index in [9.17, 15) is 9.59 Å². The van der Waals surface area contributed by atoms with E-state index in [0.29, 0.717) is 17.2 Å². The van der Waals surface area contributed by atoms with E-state index in [1.54, 1.807) is 11.0 Å². The van der Waals surface area contributed by atoms with Crippen LogP contribution in [-0.2, 0) is 29.0 Å². The molecular weight excluding hydrogens is 552 g/mol. The van der Waals surface area contributed by atoms with Crippen molar-refractivity contribution < 1.29 is 14.3 Å². The zero-order chi connectivity index (χ0) is 26.8. The summed E-state index contributed by atoms with van der Waals surface area (Å²) in [5.41, 5.74) is 2.89. The van der Waals surface area contributed by atoms with Crippen LogP contribution >= 0.6 is 27.5 Å². The van der Waals surface area contributed by atoms with E-state index in [0.717, 1.165) is 34.0 Å². The van der Waals surface area contributed by atoms with Crippen LogP contribution in [0.3, 0.4) is 0 Å². The molecule has 2 amide bonds. The van der Waals surface area contributed by atoms with Crippen molar-refractivity contribution in [3.8, 4) is 5.75 Å². The number of rotatable bonds is 12. The van der Waals surface area contributed by atoms with Gasteiger partial charge in [-0.1, -0.05) is 80.0 Å². The lowest BCUT2D eigenvalue weighted by molar-refractivity contribution is -0.143. The van der Waals surface area contributed by atoms with Gasteiger partial charge in [0.25, 0.3) is 5.91 Å². The molecule has 0 aliphatic heterocycles. The number of aryl methyl sites for hydroxylation is 1. The molecular formula is C30H34BrClN2O3. The van der Waals surface area contributed by atoms with Gasteiger partial charge < -0.3 is 15.0 Å². The van der Waals surface area contributed by atoms with Crippen molar-refractivity contribution in [1.29, 1.82) is 0 Å². The number of carbonyl (C=O) groups is 2. The molecule has 0 unspecified atom stereocenters. The van der Waals surface area contributed by atoms with Crippen molar-refractivity contribution in [2.45, 2.75) is 58.7 Å². The van der Waals surface area contributed by atoms with Crippen LogP contribution in [0.4, 0.5) is 0 Å². The number of amides is 2. The molecule has 2 atom stereocenters. The predicted octanol–water partition coefficient (Wildman–Crippen LogP) is 6.60. The fourth-order valence-corrected chi connectivity index (χ4v) is 4.65. The highest BCUT2D eigenvalue weighted by Gasteiger charge is 2.31. The summed E-state index contributed by atoms with van der Waals surface area (Å²) in [7, 11) is 0. The second kappa shape index (κ2) is 14.2. The molecule has 37 heavy (non-hydrogen) atoms. The van der Waals surface area contributed by atoms with Gasteiger partial charge in [0.15, 0.2) is 6.61 Å². The Balaban J connectivity index is 1.93. The first-order valence-electron chi connectivity index (χ1n) is 12.6. The Bertz CT molecular complexity index is 1190. The van der Waals surface area contributed by atoms with Crippen LogP contribution in [0.1, 0.15) is 43.9 Å². The normalized spacial score (nSPS) is 12.5. The van der Waals surface area contributed by atoms with Gasteiger partial charge in [-0.3, -0.25) is 9.59 Å². The number of hydrogen-bond donors (Lipinski definition) is 1. The van der Waals surface area contributed by atoms with Gasteiger partial charge in [0, 0.05) is 24.0 Å². The molecule has 7 heteroatoms. The largest absolute Gasteiger partial charge is 0.483 e. The molecule has 5 nitrogen and oxygen atoms in total. The van der Waals surface area contributed by atoms with Gasteiger partial charge in [-0.25, -0.2) is 0 Å². The highest BCUT2D eigenvalue weighted by atomic mass is 79.9. The topological polar surface area (TPSA) is 58.6 Å². The van der Waals surface area contributed by atoms with Crippen LogP contribution in [0.5, 0.6) is 5.75 Å². The number of nitrogens with zero attached hydrogens (tertiary/aromatic N) is 1. The predicted molar refractivity (Wildman–Crippen MR) is 153 cm³/mol. The van der Waals surface area contributed by atoms with Crippen molar-refractivity contribution in [1.82, 2.24) is 10.2 Å². The quantitative estimate of drug-likeness (QED) is 0.261. The number of benzene rings is 3. The molecule has 0 radical (unpaired) electrons. The summed E-state index contributed by atoms with van der Waals surface area (Å²) in [6.45, 7) is 6.02. The van der Waals surface area contributed by atoms with Crippen LogP contribution in [0.15, 0.2) is 77.3 Å². The second-order valence-corrected chi connectivity index (χ2v) is 10.3. The fourth-order valence-electron chi connectivity index (χ4n) is 3.91. The smallest absolute Gasteiger partial charge is 0.261 e. The lowest BCUT2D eigenvalue weighted by Gasteiger charge is -2.32. The van der Waals surface area contributed by atoms with E-state index in [1.165, 1.54) is 0 Å². The van der Waals surface area contributed by atoms with E-state index in [1.807, 2.05) is 80.6 Å². The van der Waals surface area contributed by atoms with Gasteiger partial charge >= 0.3 is 0 Å². The van der Waals surface area contributed by atoms with Crippen molar-refractivity contribution in [2.75, 3.05) is 6.61 Å². The maximum atomic E-state index is 13.7. The average Bonchev–Trinajstić information content (AvgIpc) is 2.91. The Morgan fingerprint density at radius 1 is 1.00 bits per heavy atom. The molecule has 3 rings (SSSR count). The minimum atomic E-state index is -0.741. The molecule has 0 aromatic heterocycles. The molecule has 3 aromatic rings. The number of carbonyl (C=O) groups excluding carboxylic acids is 2.